The molecule has 0 atom stereocenters. The van der Waals surface area contributed by atoms with Gasteiger partial charge in [0.15, 0.2) is 5.82 Å². The van der Waals surface area contributed by atoms with Crippen LogP contribution in [0, 0.1) is 20.2 Å². The molecule has 6 saturated heterocycles. The molecule has 3 N–H and O–H groups in total. The van der Waals surface area contributed by atoms with Gasteiger partial charge in [-0.3, -0.25) is 39.9 Å². The molecule has 84 heavy (non-hydrogen) atoms. The molecule has 0 spiro atoms. The number of piperazine rings is 3. The summed E-state index contributed by atoms with van der Waals surface area (Å²) in [4.78, 5) is 48.2. The first-order valence-corrected chi connectivity index (χ1v) is 30.5. The van der Waals surface area contributed by atoms with Crippen LogP contribution >= 0.6 is 15.9 Å². The Labute approximate surface area is 502 Å². The molecule has 0 unspecified atom stereocenters. The van der Waals surface area contributed by atoms with Crippen LogP contribution in [0.5, 0.6) is 0 Å². The van der Waals surface area contributed by atoms with Crippen LogP contribution in [-0.2, 0) is 39.9 Å². The molecule has 0 amide bonds. The predicted octanol–water partition coefficient (Wildman–Crippen LogP) is 8.86. The van der Waals surface area contributed by atoms with Gasteiger partial charge in [0.2, 0.25) is 5.95 Å². The van der Waals surface area contributed by atoms with E-state index in [0.29, 0.717) is 29.9 Å². The van der Waals surface area contributed by atoms with E-state index in [9.17, 15) is 20.2 Å². The van der Waals surface area contributed by atoms with Gasteiger partial charge in [-0.2, -0.15) is 9.67 Å². The second kappa shape index (κ2) is 31.3. The molecule has 0 aliphatic carbocycles. The van der Waals surface area contributed by atoms with E-state index in [2.05, 4.69) is 127 Å². The first-order chi connectivity index (χ1) is 40.8. The van der Waals surface area contributed by atoms with E-state index < -0.39 is 0 Å². The lowest BCUT2D eigenvalue weighted by molar-refractivity contribution is -0.385. The van der Waals surface area contributed by atoms with E-state index in [4.69, 9.17) is 19.9 Å². The number of rotatable bonds is 15. The van der Waals surface area contributed by atoms with Crippen molar-refractivity contribution >= 4 is 61.7 Å². The molecule has 0 bridgehead atoms. The van der Waals surface area contributed by atoms with Crippen molar-refractivity contribution in [3.63, 3.8) is 0 Å². The normalized spacial score (nSPS) is 17.7. The lowest BCUT2D eigenvalue weighted by Crippen LogP contribution is -2.56. The third-order valence-corrected chi connectivity index (χ3v) is 16.4. The molecule has 6 aliphatic rings. The van der Waals surface area contributed by atoms with Crippen molar-refractivity contribution in [3.05, 3.63) is 145 Å². The zero-order valence-electron chi connectivity index (χ0n) is 49.7. The summed E-state index contributed by atoms with van der Waals surface area (Å²) in [6.45, 7) is 30.1. The highest BCUT2D eigenvalue weighted by atomic mass is 79.9. The van der Waals surface area contributed by atoms with Gasteiger partial charge in [-0.1, -0.05) is 57.5 Å². The average Bonchev–Trinajstić information content (AvgIpc) is 4.10. The maximum Gasteiger partial charge on any atom is 0.271 e. The summed E-state index contributed by atoms with van der Waals surface area (Å²) in [7, 11) is 0. The molecule has 452 valence electrons. The smallest absolute Gasteiger partial charge is 0.271 e. The quantitative estimate of drug-likeness (QED) is 0.0556. The van der Waals surface area contributed by atoms with Gasteiger partial charge in [-0.25, -0.2) is 4.98 Å². The van der Waals surface area contributed by atoms with Crippen molar-refractivity contribution in [3.8, 4) is 5.82 Å². The minimum Gasteiger partial charge on any atom is -0.399 e. The molecular weight excluding hydrogens is 1130 g/mol. The molecular formula is C61H84BrN15O7. The molecule has 0 saturated carbocycles. The average molecular weight is 1220 g/mol. The molecule has 23 heteroatoms. The largest absolute Gasteiger partial charge is 0.399 e. The lowest BCUT2D eigenvalue weighted by Gasteiger charge is -2.43. The number of aromatic nitrogens is 5. The van der Waals surface area contributed by atoms with Crippen molar-refractivity contribution < 1.29 is 24.1 Å². The van der Waals surface area contributed by atoms with Gasteiger partial charge in [-0.15, -0.1) is 5.10 Å². The van der Waals surface area contributed by atoms with E-state index in [-0.39, 0.29) is 21.2 Å². The van der Waals surface area contributed by atoms with Crippen LogP contribution in [0.4, 0.5) is 45.8 Å². The summed E-state index contributed by atoms with van der Waals surface area (Å²) >= 11 is 3.22. The number of non-ortho nitro benzene ring substituents is 2. The van der Waals surface area contributed by atoms with Crippen molar-refractivity contribution in [2.24, 2.45) is 0 Å². The van der Waals surface area contributed by atoms with Crippen LogP contribution in [-0.4, -0.2) is 186 Å². The Hall–Kier alpha value is -6.86. The van der Waals surface area contributed by atoms with Gasteiger partial charge >= 0.3 is 0 Å². The maximum atomic E-state index is 11.1. The number of nitrogens with zero attached hydrogens (tertiary/aromatic N) is 13. The van der Waals surface area contributed by atoms with Crippen molar-refractivity contribution in [2.75, 3.05) is 144 Å². The zero-order valence-corrected chi connectivity index (χ0v) is 51.2. The van der Waals surface area contributed by atoms with Gasteiger partial charge in [0.25, 0.3) is 11.4 Å². The Bertz CT molecular complexity index is 3030. The number of nitro groups is 2. The summed E-state index contributed by atoms with van der Waals surface area (Å²) in [5, 5.41) is 29.3. The highest BCUT2D eigenvalue weighted by molar-refractivity contribution is 9.10. The third kappa shape index (κ3) is 17.4. The van der Waals surface area contributed by atoms with E-state index in [1.807, 2.05) is 33.8 Å². The Kier molecular flexibility index (Phi) is 23.6. The van der Waals surface area contributed by atoms with E-state index in [1.54, 1.807) is 47.8 Å². The third-order valence-electron chi connectivity index (χ3n) is 15.9. The Morgan fingerprint density at radius 1 is 0.548 bits per heavy atom. The van der Waals surface area contributed by atoms with Crippen LogP contribution in [0.2, 0.25) is 0 Å². The molecule has 12 rings (SSSR count). The second-order valence-electron chi connectivity index (χ2n) is 21.3. The SMILES string of the molecule is CC.CCc1cc(Br)cc([N+](=O)[O-])c1.CCc1cc(N)cc(N2CCN(C3COC3)CC2)c1.CCc1cc(N2CCN(C3COC3)CC2)cc([N+](=O)[O-])c1.CCc1cc(Nc2ncn(-c3cnccn3)n2)cc(N2CCN(C3COC3)CC2)c1. The van der Waals surface area contributed by atoms with Crippen LogP contribution < -0.4 is 25.8 Å². The molecule has 6 fully saturated rings. The number of halogens is 1. The maximum absolute atomic E-state index is 11.1. The molecule has 6 aromatic rings. The van der Waals surface area contributed by atoms with Gasteiger partial charge in [0.1, 0.15) is 6.33 Å². The van der Waals surface area contributed by atoms with Crippen LogP contribution in [0.3, 0.4) is 0 Å². The van der Waals surface area contributed by atoms with Crippen molar-refractivity contribution in [1.29, 1.82) is 0 Å². The number of anilines is 6. The standard InChI is InChI=1S/C21H26N8O.C15H21N3O3.C15H23N3O.C8H8BrNO2.C2H6/c1-2-16-9-17(25-21-24-15-29(26-21)20-12-22-3-4-23-20)11-18(10-16)27-5-7-28(8-6-27)19-13-30-14-19;1-2-12-7-13(9-14(8-12)18(19)20)16-3-5-17(6-4-16)15-10-21-11-15;1-2-12-7-13(16)9-14(8-12)17-3-5-18(6-4-17)15-10-19-11-15;1-2-6-3-7(9)5-8(4-6)10(11)12;1-2/h3-4,9-12,15,19H,2,5-8,13-14H2,1H3,(H,25,26);7-9,15H,2-6,10-11H2,1H3;7-9,15H,2-6,10-11,16H2,1H3;3-5H,2H2,1H3;1-2H3. The number of hydrogen-bond acceptors (Lipinski definition) is 19. The number of nitrogen functional groups attached to an aromatic ring is 1. The monoisotopic (exact) mass is 1220 g/mol. The molecule has 2 aromatic heterocycles. The van der Waals surface area contributed by atoms with Gasteiger partial charge in [0.05, 0.1) is 73.8 Å². The van der Waals surface area contributed by atoms with Crippen LogP contribution in [0.15, 0.2) is 102 Å². The summed E-state index contributed by atoms with van der Waals surface area (Å²) in [5.74, 6) is 1.17. The molecule has 22 nitrogen and oxygen atoms in total. The topological polar surface area (TPSA) is 228 Å². The number of ether oxygens (including phenoxy) is 3. The second-order valence-corrected chi connectivity index (χ2v) is 22.2. The highest BCUT2D eigenvalue weighted by Gasteiger charge is 2.32. The lowest BCUT2D eigenvalue weighted by atomic mass is 10.1. The molecule has 4 aromatic carbocycles. The summed E-state index contributed by atoms with van der Waals surface area (Å²) in [6, 6.07) is 25.3. The fraction of sp³-hybridized carbons (Fsp3) is 0.508. The van der Waals surface area contributed by atoms with Crippen molar-refractivity contribution in [1.82, 2.24) is 39.4 Å². The predicted molar refractivity (Wildman–Crippen MR) is 335 cm³/mol. The molecule has 6 aliphatic heterocycles. The Balaban J connectivity index is 0.000000151. The Morgan fingerprint density at radius 3 is 1.40 bits per heavy atom. The summed E-state index contributed by atoms with van der Waals surface area (Å²) in [5.41, 5.74) is 16.3. The number of hydrogen-bond donors (Lipinski definition) is 2. The fourth-order valence-electron chi connectivity index (χ4n) is 10.6. The zero-order chi connectivity index (χ0) is 59.5. The first-order valence-electron chi connectivity index (χ1n) is 29.8. The number of benzene rings is 4. The molecule has 8 heterocycles. The van der Waals surface area contributed by atoms with Crippen LogP contribution in [0.1, 0.15) is 63.8 Å². The first kappa shape index (κ1) is 63.2. The number of nitrogens with two attached hydrogens (primary N) is 1. The summed E-state index contributed by atoms with van der Waals surface area (Å²) < 4.78 is 18.2. The number of nitrogens with one attached hydrogen (secondary N) is 1. The molecule has 0 radical (unpaired) electrons. The van der Waals surface area contributed by atoms with Crippen LogP contribution in [0.25, 0.3) is 5.82 Å². The van der Waals surface area contributed by atoms with Gasteiger partial charge in [0, 0.05) is 148 Å². The van der Waals surface area contributed by atoms with Crippen molar-refractivity contribution in [2.45, 2.75) is 85.4 Å². The summed E-state index contributed by atoms with van der Waals surface area (Å²) in [6.07, 6.45) is 10.2. The Morgan fingerprint density at radius 2 is 0.976 bits per heavy atom. The number of nitro benzene ring substituents is 2. The van der Waals surface area contributed by atoms with Gasteiger partial charge < -0.3 is 40.0 Å². The van der Waals surface area contributed by atoms with Gasteiger partial charge in [-0.05, 0) is 96.5 Å². The van der Waals surface area contributed by atoms with E-state index in [1.165, 1.54) is 28.6 Å². The van der Waals surface area contributed by atoms with E-state index in [0.717, 1.165) is 177 Å². The minimum atomic E-state index is -0.385. The highest BCUT2D eigenvalue weighted by Crippen LogP contribution is 2.30. The fourth-order valence-corrected chi connectivity index (χ4v) is 11.1. The number of aryl methyl sites for hydroxylation is 4. The minimum absolute atomic E-state index is 0.140. The van der Waals surface area contributed by atoms with E-state index >= 15 is 0 Å².